The third-order valence-electron chi connectivity index (χ3n) is 1.26. The summed E-state index contributed by atoms with van der Waals surface area (Å²) in [6.45, 7) is 4.32. The predicted molar refractivity (Wildman–Crippen MR) is 35.8 cm³/mol. The van der Waals surface area contributed by atoms with E-state index in [0.29, 0.717) is 6.10 Å². The molecule has 0 saturated heterocycles. The Labute approximate surface area is 60.2 Å². The highest BCUT2D eigenvalue weighted by atomic mass is 27.1. The summed E-state index contributed by atoms with van der Waals surface area (Å²) in [6.07, 6.45) is 3.98. The average Bonchev–Trinajstić information content (AvgIpc) is 1.83. The van der Waals surface area contributed by atoms with Gasteiger partial charge in [-0.3, -0.25) is 0 Å². The molecule has 0 aromatic rings. The Kier molecular flexibility index (Phi) is 5.97. The number of hydrogen-bond donors (Lipinski definition) is 0. The van der Waals surface area contributed by atoms with Crippen LogP contribution in [0.3, 0.4) is 0 Å². The highest BCUT2D eigenvalue weighted by Crippen LogP contribution is 2.02. The fraction of sp³-hybridized carbons (Fsp3) is 1.00. The Morgan fingerprint density at radius 2 is 2.12 bits per heavy atom. The van der Waals surface area contributed by atoms with E-state index >= 15 is 0 Å². The van der Waals surface area contributed by atoms with Crippen LogP contribution < -0.4 is 0 Å². The minimum absolute atomic E-state index is 0.463. The number of rotatable bonds is 4. The smallest absolute Gasteiger partial charge is 0.369 e. The first-order valence-electron chi connectivity index (χ1n) is 3.20. The summed E-state index contributed by atoms with van der Waals surface area (Å²) in [5.74, 6) is 0. The molecule has 2 radical (unpaired) electrons. The molecule has 1 unspecified atom stereocenters. The molecule has 1 nitrogen and oxygen atoms in total. The molecule has 0 aromatic carbocycles. The fourth-order valence-corrected chi connectivity index (χ4v) is 1.02. The lowest BCUT2D eigenvalue weighted by atomic mass is 10.2. The molecule has 0 saturated carbocycles. The Morgan fingerprint density at radius 3 is 2.25 bits per heavy atom. The topological polar surface area (TPSA) is 9.23 Å². The van der Waals surface area contributed by atoms with Gasteiger partial charge in [0.2, 0.25) is 0 Å². The SMILES string of the molecule is CCCC(CC)[O][Al]. The molecule has 0 rings (SSSR count). The second-order valence-electron chi connectivity index (χ2n) is 1.96. The molecular weight excluding hydrogens is 115 g/mol. The maximum Gasteiger partial charge on any atom is 0.369 e. The molecule has 8 heavy (non-hydrogen) atoms. The van der Waals surface area contributed by atoms with Gasteiger partial charge in [-0.1, -0.05) is 20.3 Å². The monoisotopic (exact) mass is 128 g/mol. The van der Waals surface area contributed by atoms with Crippen molar-refractivity contribution in [3.63, 3.8) is 0 Å². The first-order chi connectivity index (χ1) is 3.85. The van der Waals surface area contributed by atoms with Crippen LogP contribution in [-0.4, -0.2) is 22.7 Å². The molecule has 0 heterocycles. The first-order valence-corrected chi connectivity index (χ1v) is 3.67. The van der Waals surface area contributed by atoms with Gasteiger partial charge in [-0.25, -0.2) is 0 Å². The third-order valence-corrected chi connectivity index (χ3v) is 1.64. The maximum atomic E-state index is 5.06. The van der Waals surface area contributed by atoms with Gasteiger partial charge in [-0.15, -0.1) is 0 Å². The average molecular weight is 128 g/mol. The summed E-state index contributed by atoms with van der Waals surface area (Å²) in [6, 6.07) is 0. The highest BCUT2D eigenvalue weighted by Gasteiger charge is 1.97. The molecule has 0 aliphatic rings. The second-order valence-corrected chi connectivity index (χ2v) is 2.23. The normalized spacial score (nSPS) is 13.8. The quantitative estimate of drug-likeness (QED) is 0.523. The van der Waals surface area contributed by atoms with Crippen molar-refractivity contribution in [2.45, 2.75) is 39.2 Å². The van der Waals surface area contributed by atoms with E-state index in [1.165, 1.54) is 12.8 Å². The molecule has 0 aliphatic heterocycles. The first kappa shape index (κ1) is 8.49. The zero-order chi connectivity index (χ0) is 6.41. The molecule has 0 spiro atoms. The molecule has 0 amide bonds. The van der Waals surface area contributed by atoms with Crippen LogP contribution in [0.5, 0.6) is 0 Å². The van der Waals surface area contributed by atoms with E-state index in [-0.39, 0.29) is 0 Å². The van der Waals surface area contributed by atoms with Gasteiger partial charge in [-0.2, -0.15) is 0 Å². The second kappa shape index (κ2) is 5.63. The Morgan fingerprint density at radius 1 is 1.50 bits per heavy atom. The van der Waals surface area contributed by atoms with Crippen molar-refractivity contribution in [3.8, 4) is 0 Å². The lowest BCUT2D eigenvalue weighted by Crippen LogP contribution is -2.08. The predicted octanol–water partition coefficient (Wildman–Crippen LogP) is 1.67. The molecule has 0 fully saturated rings. The van der Waals surface area contributed by atoms with Gasteiger partial charge < -0.3 is 3.79 Å². The summed E-state index contributed by atoms with van der Waals surface area (Å²) in [7, 11) is 0. The van der Waals surface area contributed by atoms with Crippen molar-refractivity contribution >= 4 is 16.6 Å². The van der Waals surface area contributed by atoms with E-state index < -0.39 is 0 Å². The van der Waals surface area contributed by atoms with Gasteiger partial charge in [0, 0.05) is 6.10 Å². The highest BCUT2D eigenvalue weighted by molar-refractivity contribution is 5.98. The molecule has 0 aliphatic carbocycles. The van der Waals surface area contributed by atoms with E-state index in [9.17, 15) is 0 Å². The molecule has 2 heteroatoms. The third kappa shape index (κ3) is 3.49. The molecule has 0 bridgehead atoms. The molecule has 46 valence electrons. The van der Waals surface area contributed by atoms with Gasteiger partial charge in [0.25, 0.3) is 0 Å². The molecule has 1 atom stereocenters. The summed E-state index contributed by atoms with van der Waals surface area (Å²) < 4.78 is 5.06. The fourth-order valence-electron chi connectivity index (χ4n) is 0.690. The zero-order valence-electron chi connectivity index (χ0n) is 5.68. The zero-order valence-corrected chi connectivity index (χ0v) is 6.84. The van der Waals surface area contributed by atoms with Gasteiger partial charge in [0.05, 0.1) is 0 Å². The molecule has 0 aromatic heterocycles. The summed E-state index contributed by atoms with van der Waals surface area (Å²) >= 11 is 2.31. The number of hydrogen-bond acceptors (Lipinski definition) is 1. The van der Waals surface area contributed by atoms with Crippen LogP contribution >= 0.6 is 0 Å². The van der Waals surface area contributed by atoms with Crippen LogP contribution in [0.15, 0.2) is 0 Å². The summed E-state index contributed by atoms with van der Waals surface area (Å²) in [5.41, 5.74) is 0. The van der Waals surface area contributed by atoms with E-state index in [2.05, 4.69) is 30.5 Å². The summed E-state index contributed by atoms with van der Waals surface area (Å²) in [5, 5.41) is 0. The maximum absolute atomic E-state index is 5.06. The Balaban J connectivity index is 3.07. The van der Waals surface area contributed by atoms with Crippen LogP contribution in [0.4, 0.5) is 0 Å². The Hall–Kier alpha value is 0.492. The lowest BCUT2D eigenvalue weighted by molar-refractivity contribution is 0.204. The van der Waals surface area contributed by atoms with E-state index in [1.54, 1.807) is 0 Å². The van der Waals surface area contributed by atoms with Crippen molar-refractivity contribution in [2.75, 3.05) is 0 Å². The van der Waals surface area contributed by atoms with Crippen molar-refractivity contribution in [3.05, 3.63) is 0 Å². The Bertz CT molecular complexity index is 43.8. The van der Waals surface area contributed by atoms with E-state index in [0.717, 1.165) is 6.42 Å². The minimum Gasteiger partial charge on any atom is -0.514 e. The largest absolute Gasteiger partial charge is 0.514 e. The lowest BCUT2D eigenvalue weighted by Gasteiger charge is -2.12. The summed E-state index contributed by atoms with van der Waals surface area (Å²) in [4.78, 5) is 0. The van der Waals surface area contributed by atoms with Gasteiger partial charge in [-0.05, 0) is 12.8 Å². The van der Waals surface area contributed by atoms with Gasteiger partial charge in [0.15, 0.2) is 0 Å². The molecule has 0 N–H and O–H groups in total. The van der Waals surface area contributed by atoms with Gasteiger partial charge >= 0.3 is 16.6 Å². The van der Waals surface area contributed by atoms with Crippen molar-refractivity contribution in [1.29, 1.82) is 0 Å². The van der Waals surface area contributed by atoms with Crippen LogP contribution in [-0.2, 0) is 3.79 Å². The van der Waals surface area contributed by atoms with Gasteiger partial charge in [0.1, 0.15) is 0 Å². The van der Waals surface area contributed by atoms with Crippen LogP contribution in [0.25, 0.3) is 0 Å². The standard InChI is InChI=1S/C6H13O.Al/c1-3-5-6(7)4-2;/h6H,3-5H2,1-2H3;/q-1;+1. The molecular formula is C6H13AlO. The van der Waals surface area contributed by atoms with Crippen LogP contribution in [0.2, 0.25) is 0 Å². The van der Waals surface area contributed by atoms with Crippen LogP contribution in [0, 0.1) is 0 Å². The van der Waals surface area contributed by atoms with E-state index in [4.69, 9.17) is 3.79 Å². The van der Waals surface area contributed by atoms with Crippen LogP contribution in [0.1, 0.15) is 33.1 Å². The van der Waals surface area contributed by atoms with E-state index in [1.807, 2.05) is 0 Å². The van der Waals surface area contributed by atoms with Crippen molar-refractivity contribution in [2.24, 2.45) is 0 Å². The van der Waals surface area contributed by atoms with Crippen molar-refractivity contribution in [1.82, 2.24) is 0 Å². The van der Waals surface area contributed by atoms with Crippen molar-refractivity contribution < 1.29 is 3.79 Å². The minimum atomic E-state index is 0.463.